The van der Waals surface area contributed by atoms with Crippen LogP contribution in [0, 0.1) is 0 Å². The first-order valence-electron chi connectivity index (χ1n) is 3.41. The van der Waals surface area contributed by atoms with E-state index in [-0.39, 0.29) is 0 Å². The molecule has 0 N–H and O–H groups in total. The fourth-order valence-corrected chi connectivity index (χ4v) is 2.15. The lowest BCUT2D eigenvalue weighted by Gasteiger charge is -1.95. The van der Waals surface area contributed by atoms with E-state index in [9.17, 15) is 0 Å². The minimum atomic E-state index is 0.612. The highest BCUT2D eigenvalue weighted by atomic mass is 35.5. The molecule has 62 valence electrons. The van der Waals surface area contributed by atoms with Crippen LogP contribution in [0.2, 0.25) is 5.02 Å². The zero-order valence-electron chi connectivity index (χ0n) is 6.37. The molecule has 0 spiro atoms. The van der Waals surface area contributed by atoms with Gasteiger partial charge < -0.3 is 4.74 Å². The number of benzene rings is 1. The van der Waals surface area contributed by atoms with Crippen LogP contribution in [-0.2, 0) is 0 Å². The lowest BCUT2D eigenvalue weighted by atomic mass is 10.3. The molecule has 0 saturated carbocycles. The normalized spacial score (nSPS) is 10.5. The van der Waals surface area contributed by atoms with E-state index in [2.05, 4.69) is 4.37 Å². The predicted octanol–water partition coefficient (Wildman–Crippen LogP) is 2.96. The predicted molar refractivity (Wildman–Crippen MR) is 51.2 cm³/mol. The highest BCUT2D eigenvalue weighted by Crippen LogP contribution is 2.33. The van der Waals surface area contributed by atoms with Crippen molar-refractivity contribution in [3.8, 4) is 5.88 Å². The topological polar surface area (TPSA) is 22.1 Å². The van der Waals surface area contributed by atoms with Crippen LogP contribution in [0.4, 0.5) is 0 Å². The number of hydrogen-bond donors (Lipinski definition) is 0. The molecule has 2 aromatic rings. The molecule has 0 saturated heterocycles. The van der Waals surface area contributed by atoms with Crippen LogP contribution in [0.5, 0.6) is 5.88 Å². The van der Waals surface area contributed by atoms with Crippen LogP contribution in [0.15, 0.2) is 18.2 Å². The average molecular weight is 200 g/mol. The Morgan fingerprint density at radius 3 is 3.08 bits per heavy atom. The summed E-state index contributed by atoms with van der Waals surface area (Å²) in [5.74, 6) is 0.612. The van der Waals surface area contributed by atoms with Gasteiger partial charge in [-0.15, -0.1) is 0 Å². The lowest BCUT2D eigenvalue weighted by Crippen LogP contribution is -1.81. The highest BCUT2D eigenvalue weighted by Gasteiger charge is 2.08. The van der Waals surface area contributed by atoms with E-state index in [1.807, 2.05) is 18.2 Å². The smallest absolute Gasteiger partial charge is 0.234 e. The molecule has 2 nitrogen and oxygen atoms in total. The number of methoxy groups -OCH3 is 1. The number of hydrogen-bond acceptors (Lipinski definition) is 3. The summed E-state index contributed by atoms with van der Waals surface area (Å²) in [6.45, 7) is 0. The summed E-state index contributed by atoms with van der Waals surface area (Å²) in [6.07, 6.45) is 0. The van der Waals surface area contributed by atoms with E-state index in [0.29, 0.717) is 10.9 Å². The molecule has 0 aliphatic rings. The van der Waals surface area contributed by atoms with Gasteiger partial charge in [-0.25, -0.2) is 0 Å². The largest absolute Gasteiger partial charge is 0.480 e. The van der Waals surface area contributed by atoms with Gasteiger partial charge in [0, 0.05) is 0 Å². The monoisotopic (exact) mass is 199 g/mol. The summed E-state index contributed by atoms with van der Waals surface area (Å²) in [7, 11) is 1.60. The second-order valence-electron chi connectivity index (χ2n) is 2.30. The number of ether oxygens (including phenoxy) is 1. The summed E-state index contributed by atoms with van der Waals surface area (Å²) in [5.41, 5.74) is 0. The van der Waals surface area contributed by atoms with E-state index in [1.165, 1.54) is 11.5 Å². The number of nitrogens with zero attached hydrogens (tertiary/aromatic N) is 1. The molecule has 1 aromatic carbocycles. The van der Waals surface area contributed by atoms with E-state index in [4.69, 9.17) is 16.3 Å². The third-order valence-corrected chi connectivity index (χ3v) is 2.72. The fourth-order valence-electron chi connectivity index (χ4n) is 1.06. The van der Waals surface area contributed by atoms with Crippen LogP contribution in [-0.4, -0.2) is 11.5 Å². The minimum Gasteiger partial charge on any atom is -0.480 e. The Kier molecular flexibility index (Phi) is 1.90. The molecular weight excluding hydrogens is 194 g/mol. The zero-order valence-corrected chi connectivity index (χ0v) is 7.95. The maximum atomic E-state index is 5.97. The van der Waals surface area contributed by atoms with E-state index < -0.39 is 0 Å². The third kappa shape index (κ3) is 1.06. The highest BCUT2D eigenvalue weighted by molar-refractivity contribution is 7.13. The van der Waals surface area contributed by atoms with Crippen molar-refractivity contribution in [3.05, 3.63) is 23.2 Å². The van der Waals surface area contributed by atoms with Gasteiger partial charge in [0.15, 0.2) is 0 Å². The van der Waals surface area contributed by atoms with Crippen molar-refractivity contribution in [2.75, 3.05) is 7.11 Å². The summed E-state index contributed by atoms with van der Waals surface area (Å²) in [6, 6.07) is 5.71. The van der Waals surface area contributed by atoms with E-state index in [0.717, 1.165) is 10.1 Å². The summed E-state index contributed by atoms with van der Waals surface area (Å²) in [5, 5.41) is 1.60. The van der Waals surface area contributed by atoms with Gasteiger partial charge in [0.2, 0.25) is 5.88 Å². The first-order chi connectivity index (χ1) is 5.83. The van der Waals surface area contributed by atoms with Crippen molar-refractivity contribution in [2.45, 2.75) is 0 Å². The maximum absolute atomic E-state index is 5.97. The number of rotatable bonds is 1. The van der Waals surface area contributed by atoms with Gasteiger partial charge in [0.25, 0.3) is 0 Å². The lowest BCUT2D eigenvalue weighted by molar-refractivity contribution is 0.407. The second-order valence-corrected chi connectivity index (χ2v) is 3.52. The molecule has 1 heterocycles. The molecule has 2 rings (SSSR count). The molecule has 0 aliphatic carbocycles. The first kappa shape index (κ1) is 7.83. The number of fused-ring (bicyclic) bond motifs is 1. The molecule has 0 radical (unpaired) electrons. The molecule has 0 unspecified atom stereocenters. The molecule has 0 fully saturated rings. The van der Waals surface area contributed by atoms with Crippen LogP contribution in [0.1, 0.15) is 0 Å². The van der Waals surface area contributed by atoms with Gasteiger partial charge in [0.05, 0.1) is 22.2 Å². The van der Waals surface area contributed by atoms with Crippen molar-refractivity contribution in [1.82, 2.24) is 4.37 Å². The molecule has 0 atom stereocenters. The van der Waals surface area contributed by atoms with Crippen molar-refractivity contribution in [2.24, 2.45) is 0 Å². The van der Waals surface area contributed by atoms with E-state index >= 15 is 0 Å². The Balaban J connectivity index is 2.83. The summed E-state index contributed by atoms with van der Waals surface area (Å²) >= 11 is 7.36. The van der Waals surface area contributed by atoms with E-state index in [1.54, 1.807) is 7.11 Å². The molecule has 0 amide bonds. The Hall–Kier alpha value is -0.800. The van der Waals surface area contributed by atoms with Crippen LogP contribution < -0.4 is 4.74 Å². The first-order valence-corrected chi connectivity index (χ1v) is 4.56. The van der Waals surface area contributed by atoms with Crippen LogP contribution >= 0.6 is 23.1 Å². The van der Waals surface area contributed by atoms with Crippen molar-refractivity contribution in [3.63, 3.8) is 0 Å². The molecular formula is C8H6ClNOS. The summed E-state index contributed by atoms with van der Waals surface area (Å²) < 4.78 is 10.2. The SMILES string of the molecule is COc1nsc2cccc(Cl)c12. The Morgan fingerprint density at radius 1 is 1.50 bits per heavy atom. The Morgan fingerprint density at radius 2 is 2.33 bits per heavy atom. The molecule has 0 bridgehead atoms. The van der Waals surface area contributed by atoms with Gasteiger partial charge in [-0.3, -0.25) is 0 Å². The van der Waals surface area contributed by atoms with Gasteiger partial charge in [-0.1, -0.05) is 17.7 Å². The third-order valence-electron chi connectivity index (χ3n) is 1.61. The fraction of sp³-hybridized carbons (Fsp3) is 0.125. The molecule has 0 aliphatic heterocycles. The Bertz CT molecular complexity index is 412. The standard InChI is InChI=1S/C8H6ClNOS/c1-11-8-7-5(9)3-2-4-6(7)12-10-8/h2-4H,1H3. The quantitative estimate of drug-likeness (QED) is 0.705. The van der Waals surface area contributed by atoms with Crippen LogP contribution in [0.3, 0.4) is 0 Å². The molecule has 12 heavy (non-hydrogen) atoms. The average Bonchev–Trinajstić information content (AvgIpc) is 2.49. The van der Waals surface area contributed by atoms with Gasteiger partial charge in [-0.2, -0.15) is 4.37 Å². The van der Waals surface area contributed by atoms with Crippen LogP contribution in [0.25, 0.3) is 10.1 Å². The van der Waals surface area contributed by atoms with Crippen molar-refractivity contribution >= 4 is 33.2 Å². The van der Waals surface area contributed by atoms with Gasteiger partial charge >= 0.3 is 0 Å². The van der Waals surface area contributed by atoms with Crippen molar-refractivity contribution < 1.29 is 4.74 Å². The Labute approximate surface area is 78.9 Å². The zero-order chi connectivity index (χ0) is 8.55. The maximum Gasteiger partial charge on any atom is 0.234 e. The van der Waals surface area contributed by atoms with Gasteiger partial charge in [0.1, 0.15) is 0 Å². The number of aromatic nitrogens is 1. The molecule has 4 heteroatoms. The second kappa shape index (κ2) is 2.92. The minimum absolute atomic E-state index is 0.612. The van der Waals surface area contributed by atoms with Crippen molar-refractivity contribution in [1.29, 1.82) is 0 Å². The molecule has 1 aromatic heterocycles. The number of halogens is 1. The summed E-state index contributed by atoms with van der Waals surface area (Å²) in [4.78, 5) is 0. The van der Waals surface area contributed by atoms with Gasteiger partial charge in [-0.05, 0) is 23.7 Å².